The zero-order valence-electron chi connectivity index (χ0n) is 25.9. The number of hydroxylamine groups is 2. The highest BCUT2D eigenvalue weighted by Crippen LogP contribution is 2.48. The highest BCUT2D eigenvalue weighted by molar-refractivity contribution is 6.39. The lowest BCUT2D eigenvalue weighted by Gasteiger charge is -2.41. The molecule has 5 atom stereocenters. The molecule has 252 valence electrons. The summed E-state index contributed by atoms with van der Waals surface area (Å²) in [5, 5.41) is 66.7. The van der Waals surface area contributed by atoms with Gasteiger partial charge in [-0.2, -0.15) is 0 Å². The van der Waals surface area contributed by atoms with E-state index < -0.39 is 49.1 Å². The third kappa shape index (κ3) is 4.14. The van der Waals surface area contributed by atoms with Crippen LogP contribution < -0.4 is 0 Å². The van der Waals surface area contributed by atoms with Gasteiger partial charge in [-0.15, -0.1) is 5.06 Å². The SMILES string of the molecule is O=C1c2c(c3c4ccc(O)cc4n([C@@H]4O[C@H](CO)[C@@H](O)[C@H](O)[C@H]4O)c3c3[nH]c4cc(O)ccc4c23)C(=O)N1OCc1cccc2cccnc12. The van der Waals surface area contributed by atoms with Crippen LogP contribution in [0.4, 0.5) is 0 Å². The van der Waals surface area contributed by atoms with E-state index in [1.165, 1.54) is 28.8 Å². The summed E-state index contributed by atoms with van der Waals surface area (Å²) < 4.78 is 7.47. The fourth-order valence-electron chi connectivity index (χ4n) is 7.49. The molecule has 0 aliphatic carbocycles. The number of para-hydroxylation sites is 1. The third-order valence-electron chi connectivity index (χ3n) is 9.74. The second-order valence-corrected chi connectivity index (χ2v) is 12.5. The molecule has 0 saturated carbocycles. The zero-order valence-corrected chi connectivity index (χ0v) is 25.9. The molecule has 2 aliphatic heterocycles. The van der Waals surface area contributed by atoms with Gasteiger partial charge in [-0.05, 0) is 30.3 Å². The first-order valence-corrected chi connectivity index (χ1v) is 15.8. The van der Waals surface area contributed by atoms with Crippen LogP contribution in [0.2, 0.25) is 0 Å². The van der Waals surface area contributed by atoms with Crippen molar-refractivity contribution < 1.29 is 49.8 Å². The second kappa shape index (κ2) is 10.9. The van der Waals surface area contributed by atoms with Crippen LogP contribution in [0.1, 0.15) is 32.5 Å². The van der Waals surface area contributed by atoms with Crippen molar-refractivity contribution >= 4 is 66.3 Å². The molecule has 50 heavy (non-hydrogen) atoms. The van der Waals surface area contributed by atoms with Gasteiger partial charge in [0.05, 0.1) is 45.3 Å². The Balaban J connectivity index is 1.32. The smallest absolute Gasteiger partial charge is 0.286 e. The summed E-state index contributed by atoms with van der Waals surface area (Å²) in [5.41, 5.74) is 2.55. The van der Waals surface area contributed by atoms with Gasteiger partial charge in [0.15, 0.2) is 6.23 Å². The van der Waals surface area contributed by atoms with Crippen molar-refractivity contribution in [3.05, 3.63) is 89.6 Å². The average Bonchev–Trinajstić information content (AvgIpc) is 3.73. The Kier molecular flexibility index (Phi) is 6.67. The quantitative estimate of drug-likeness (QED) is 0.132. The van der Waals surface area contributed by atoms with Crippen LogP contribution in [0, 0.1) is 0 Å². The summed E-state index contributed by atoms with van der Waals surface area (Å²) in [6.07, 6.45) is -6.21. The molecule has 14 nitrogen and oxygen atoms in total. The summed E-state index contributed by atoms with van der Waals surface area (Å²) in [4.78, 5) is 42.5. The van der Waals surface area contributed by atoms with Crippen LogP contribution in [0.5, 0.6) is 11.5 Å². The maximum absolute atomic E-state index is 14.5. The Morgan fingerprint density at radius 2 is 1.56 bits per heavy atom. The molecule has 4 aromatic carbocycles. The van der Waals surface area contributed by atoms with E-state index in [2.05, 4.69) is 9.97 Å². The largest absolute Gasteiger partial charge is 0.508 e. The van der Waals surface area contributed by atoms with Crippen molar-refractivity contribution in [1.82, 2.24) is 19.6 Å². The molecule has 9 rings (SSSR count). The number of phenolic OH excluding ortho intramolecular Hbond substituents is 2. The number of aromatic nitrogens is 3. The van der Waals surface area contributed by atoms with E-state index in [1.54, 1.807) is 30.5 Å². The van der Waals surface area contributed by atoms with Crippen LogP contribution >= 0.6 is 0 Å². The topological polar surface area (TPSA) is 211 Å². The summed E-state index contributed by atoms with van der Waals surface area (Å²) in [6.45, 7) is -0.847. The summed E-state index contributed by atoms with van der Waals surface area (Å²) in [5.74, 6) is -1.73. The first-order chi connectivity index (χ1) is 24.2. The van der Waals surface area contributed by atoms with Crippen LogP contribution in [-0.2, 0) is 16.2 Å². The zero-order chi connectivity index (χ0) is 34.6. The number of aliphatic hydroxyl groups is 4. The summed E-state index contributed by atoms with van der Waals surface area (Å²) in [7, 11) is 0. The number of hydrogen-bond acceptors (Lipinski definition) is 11. The van der Waals surface area contributed by atoms with Gasteiger partial charge < -0.3 is 44.9 Å². The molecule has 14 heteroatoms. The number of amides is 2. The van der Waals surface area contributed by atoms with Gasteiger partial charge in [-0.3, -0.25) is 19.4 Å². The van der Waals surface area contributed by atoms with Crippen LogP contribution in [-0.4, -0.2) is 93.1 Å². The number of pyridine rings is 1. The molecule has 1 saturated heterocycles. The molecule has 2 amide bonds. The number of aliphatic hydroxyl groups excluding tert-OH is 4. The number of aromatic hydroxyl groups is 2. The third-order valence-corrected chi connectivity index (χ3v) is 9.74. The number of hydrogen-bond donors (Lipinski definition) is 7. The van der Waals surface area contributed by atoms with Crippen LogP contribution in [0.3, 0.4) is 0 Å². The lowest BCUT2D eigenvalue weighted by Crippen LogP contribution is -2.56. The van der Waals surface area contributed by atoms with E-state index in [0.29, 0.717) is 43.3 Å². The minimum Gasteiger partial charge on any atom is -0.508 e. The van der Waals surface area contributed by atoms with Gasteiger partial charge in [0.2, 0.25) is 0 Å². The van der Waals surface area contributed by atoms with Gasteiger partial charge in [-0.25, -0.2) is 0 Å². The van der Waals surface area contributed by atoms with E-state index in [0.717, 1.165) is 5.39 Å². The molecular weight excluding hydrogens is 648 g/mol. The van der Waals surface area contributed by atoms with Gasteiger partial charge >= 0.3 is 0 Å². The standard InChI is InChI=1S/C36H28N4O10/c41-13-23-31(44)32(45)33(46)36(50-23)39-22-12-18(43)7-9-20(22)25-27-26(24-19-8-6-17(42)11-21(19)38-29(24)30(25)39)34(47)40(35(27)48)49-14-16-4-1-3-15-5-2-10-37-28(15)16/h1-12,23,31-33,36,38,41-46H,13-14H2/t23-,31-,32+,33-,36-/m1/s1. The monoisotopic (exact) mass is 676 g/mol. The van der Waals surface area contributed by atoms with Crippen molar-refractivity contribution in [2.45, 2.75) is 37.3 Å². The number of imide groups is 1. The molecule has 3 aromatic heterocycles. The van der Waals surface area contributed by atoms with E-state index in [4.69, 9.17) is 9.57 Å². The van der Waals surface area contributed by atoms with E-state index in [-0.39, 0.29) is 45.7 Å². The number of fused-ring (bicyclic) bond motifs is 11. The normalized spacial score (nSPS) is 22.6. The Morgan fingerprint density at radius 1 is 0.840 bits per heavy atom. The van der Waals surface area contributed by atoms with Crippen molar-refractivity contribution in [1.29, 1.82) is 0 Å². The molecule has 0 bridgehead atoms. The number of carbonyl (C=O) groups excluding carboxylic acids is 2. The van der Waals surface area contributed by atoms with Crippen LogP contribution in [0.25, 0.3) is 54.5 Å². The number of nitrogens with zero attached hydrogens (tertiary/aromatic N) is 3. The first-order valence-electron chi connectivity index (χ1n) is 15.8. The van der Waals surface area contributed by atoms with Gasteiger partial charge in [-0.1, -0.05) is 24.3 Å². The van der Waals surface area contributed by atoms with Gasteiger partial charge in [0.1, 0.15) is 42.5 Å². The van der Waals surface area contributed by atoms with E-state index in [1.807, 2.05) is 18.2 Å². The molecule has 0 unspecified atom stereocenters. The number of carbonyl (C=O) groups is 2. The average molecular weight is 677 g/mol. The first kappa shape index (κ1) is 30.4. The molecule has 2 aliphatic rings. The predicted molar refractivity (Wildman–Crippen MR) is 178 cm³/mol. The number of ether oxygens (including phenoxy) is 1. The summed E-state index contributed by atoms with van der Waals surface area (Å²) in [6, 6.07) is 18.0. The van der Waals surface area contributed by atoms with Gasteiger partial charge in [0, 0.05) is 50.8 Å². The molecule has 7 N–H and O–H groups in total. The molecule has 0 spiro atoms. The van der Waals surface area contributed by atoms with Crippen LogP contribution in [0.15, 0.2) is 72.9 Å². The van der Waals surface area contributed by atoms with Crippen molar-refractivity contribution in [2.75, 3.05) is 6.61 Å². The van der Waals surface area contributed by atoms with Crippen molar-refractivity contribution in [3.8, 4) is 11.5 Å². The number of phenols is 2. The highest BCUT2D eigenvalue weighted by Gasteiger charge is 2.47. The Morgan fingerprint density at radius 3 is 2.34 bits per heavy atom. The Hall–Kier alpha value is -5.61. The number of benzene rings is 4. The van der Waals surface area contributed by atoms with Crippen molar-refractivity contribution in [3.63, 3.8) is 0 Å². The maximum atomic E-state index is 14.5. The van der Waals surface area contributed by atoms with Crippen molar-refractivity contribution in [2.24, 2.45) is 0 Å². The van der Waals surface area contributed by atoms with E-state index >= 15 is 0 Å². The Bertz CT molecular complexity index is 2570. The maximum Gasteiger partial charge on any atom is 0.286 e. The molecule has 5 heterocycles. The fourth-order valence-corrected chi connectivity index (χ4v) is 7.49. The molecular formula is C36H28N4O10. The molecule has 7 aromatic rings. The lowest BCUT2D eigenvalue weighted by atomic mass is 9.96. The number of rotatable bonds is 5. The van der Waals surface area contributed by atoms with Gasteiger partial charge in [0.25, 0.3) is 11.8 Å². The predicted octanol–water partition coefficient (Wildman–Crippen LogP) is 3.09. The lowest BCUT2D eigenvalue weighted by molar-refractivity contribution is -0.249. The van der Waals surface area contributed by atoms with E-state index in [9.17, 15) is 40.2 Å². The molecule has 1 fully saturated rings. The number of aromatic amines is 1. The summed E-state index contributed by atoms with van der Waals surface area (Å²) >= 11 is 0. The number of nitrogens with one attached hydrogen (secondary N) is 1. The minimum atomic E-state index is -1.74. The number of H-pyrrole nitrogens is 1. The fraction of sp³-hybridized carbons (Fsp3) is 0.194. The second-order valence-electron chi connectivity index (χ2n) is 12.5. The minimum absolute atomic E-state index is 0.0125. The molecule has 0 radical (unpaired) electrons. The Labute approximate surface area is 280 Å². The highest BCUT2D eigenvalue weighted by atomic mass is 16.7.